The number of ether oxygens (including phenoxy) is 1. The summed E-state index contributed by atoms with van der Waals surface area (Å²) >= 11 is 7.20. The largest absolute Gasteiger partial charge is 0.486 e. The number of fused-ring (bicyclic) bond motifs is 2. The van der Waals surface area contributed by atoms with Gasteiger partial charge in [0.15, 0.2) is 10.8 Å². The van der Waals surface area contributed by atoms with Gasteiger partial charge in [-0.2, -0.15) is 4.31 Å². The number of nitrogens with zero attached hydrogens (tertiary/aromatic N) is 3. The molecule has 1 aliphatic heterocycles. The van der Waals surface area contributed by atoms with Crippen molar-refractivity contribution >= 4 is 60.7 Å². The maximum absolute atomic E-state index is 13.8. The van der Waals surface area contributed by atoms with E-state index in [0.29, 0.717) is 10.5 Å². The maximum Gasteiger partial charge on any atom is 0.284 e. The Labute approximate surface area is 258 Å². The Morgan fingerprint density at radius 2 is 1.91 bits per heavy atom. The Bertz CT molecular complexity index is 1730. The Hall–Kier alpha value is -3.55. The zero-order chi connectivity index (χ0) is 30.9. The van der Waals surface area contributed by atoms with Crippen molar-refractivity contribution in [1.82, 2.24) is 14.2 Å². The summed E-state index contributed by atoms with van der Waals surface area (Å²) in [6.45, 7) is 3.48. The summed E-state index contributed by atoms with van der Waals surface area (Å²) in [6, 6.07) is 17.6. The van der Waals surface area contributed by atoms with Crippen LogP contribution in [0.2, 0.25) is 5.02 Å². The summed E-state index contributed by atoms with van der Waals surface area (Å²) in [5.41, 5.74) is 1.12. The second-order valence-corrected chi connectivity index (χ2v) is 14.0. The highest BCUT2D eigenvalue weighted by atomic mass is 35.5. The molecule has 0 unspecified atom stereocenters. The molecule has 0 bridgehead atoms. The summed E-state index contributed by atoms with van der Waals surface area (Å²) in [6.07, 6.45) is -0.729. The number of amides is 2. The van der Waals surface area contributed by atoms with Crippen LogP contribution in [0.4, 0.5) is 5.69 Å². The highest BCUT2D eigenvalue weighted by Gasteiger charge is 2.36. The summed E-state index contributed by atoms with van der Waals surface area (Å²) in [4.78, 5) is 33.1. The molecule has 13 heteroatoms. The number of likely N-dealkylation sites (N-methyl/N-ethyl adjacent to an activating group) is 1. The van der Waals surface area contributed by atoms with Crippen LogP contribution in [0.5, 0.6) is 5.75 Å². The topological polar surface area (TPSA) is 129 Å². The van der Waals surface area contributed by atoms with Gasteiger partial charge in [0.05, 0.1) is 45.6 Å². The van der Waals surface area contributed by atoms with Crippen LogP contribution in [0.3, 0.4) is 0 Å². The number of anilines is 1. The molecule has 2 amide bonds. The first-order chi connectivity index (χ1) is 20.5. The number of thiazole rings is 1. The minimum Gasteiger partial charge on any atom is -0.486 e. The number of rotatable bonds is 8. The number of hydrogen-bond donors (Lipinski definition) is 2. The van der Waals surface area contributed by atoms with Crippen molar-refractivity contribution in [2.24, 2.45) is 5.92 Å². The SMILES string of the molecule is C[C@@H]1CN([C@@H](C)CO)C(=O)c2cccc(NC(=O)c3nc4ccccc4s3)c2O[C@H]1CN(C)S(=O)(=O)c1ccc(Cl)cc1. The molecule has 0 aliphatic carbocycles. The van der Waals surface area contributed by atoms with Gasteiger partial charge in [0.1, 0.15) is 6.10 Å². The van der Waals surface area contributed by atoms with Crippen LogP contribution >= 0.6 is 22.9 Å². The number of nitrogens with one attached hydrogen (secondary N) is 1. The summed E-state index contributed by atoms with van der Waals surface area (Å²) in [5, 5.41) is 13.4. The number of benzene rings is 3. The fraction of sp³-hybridized carbons (Fsp3) is 0.300. The van der Waals surface area contributed by atoms with E-state index in [-0.39, 0.29) is 58.4 Å². The number of aromatic nitrogens is 1. The number of halogens is 1. The number of carbonyl (C=O) groups excluding carboxylic acids is 2. The van der Waals surface area contributed by atoms with E-state index >= 15 is 0 Å². The summed E-state index contributed by atoms with van der Waals surface area (Å²) < 4.78 is 35.3. The van der Waals surface area contributed by atoms with Crippen molar-refractivity contribution in [1.29, 1.82) is 0 Å². The Morgan fingerprint density at radius 3 is 2.60 bits per heavy atom. The van der Waals surface area contributed by atoms with Gasteiger partial charge in [0.25, 0.3) is 11.8 Å². The van der Waals surface area contributed by atoms with Crippen LogP contribution in [0.1, 0.15) is 34.0 Å². The lowest BCUT2D eigenvalue weighted by molar-refractivity contribution is 0.0388. The van der Waals surface area contributed by atoms with Crippen molar-refractivity contribution in [3.8, 4) is 5.75 Å². The molecule has 3 aromatic carbocycles. The monoisotopic (exact) mass is 642 g/mol. The van der Waals surface area contributed by atoms with E-state index in [9.17, 15) is 23.1 Å². The quantitative estimate of drug-likeness (QED) is 0.284. The van der Waals surface area contributed by atoms with E-state index < -0.39 is 28.1 Å². The van der Waals surface area contributed by atoms with E-state index in [1.165, 1.54) is 47.0 Å². The number of sulfonamides is 1. The molecule has 2 N–H and O–H groups in total. The summed E-state index contributed by atoms with van der Waals surface area (Å²) in [7, 11) is -2.44. The third-order valence-electron chi connectivity index (χ3n) is 7.39. The first kappa shape index (κ1) is 30.9. The highest BCUT2D eigenvalue weighted by Crippen LogP contribution is 2.36. The third kappa shape index (κ3) is 6.38. The first-order valence-corrected chi connectivity index (χ1v) is 16.2. The maximum atomic E-state index is 13.8. The van der Waals surface area contributed by atoms with Crippen LogP contribution in [0.25, 0.3) is 10.2 Å². The molecule has 0 saturated carbocycles. The minimum absolute atomic E-state index is 0.0543. The third-order valence-corrected chi connectivity index (χ3v) is 10.5. The van der Waals surface area contributed by atoms with Crippen LogP contribution in [0, 0.1) is 5.92 Å². The van der Waals surface area contributed by atoms with Gasteiger partial charge in [-0.25, -0.2) is 13.4 Å². The Kier molecular flexibility index (Phi) is 9.04. The molecule has 3 atom stereocenters. The highest BCUT2D eigenvalue weighted by molar-refractivity contribution is 7.89. The molecule has 226 valence electrons. The fourth-order valence-electron chi connectivity index (χ4n) is 4.84. The Balaban J connectivity index is 1.51. The van der Waals surface area contributed by atoms with Crippen LogP contribution in [-0.4, -0.2) is 78.4 Å². The van der Waals surface area contributed by atoms with Crippen molar-refractivity contribution in [2.75, 3.05) is 32.1 Å². The number of carbonyl (C=O) groups is 2. The van der Waals surface area contributed by atoms with Gasteiger partial charge in [-0.05, 0) is 55.5 Å². The van der Waals surface area contributed by atoms with Gasteiger partial charge in [-0.3, -0.25) is 9.59 Å². The van der Waals surface area contributed by atoms with E-state index in [1.807, 2.05) is 31.2 Å². The molecular formula is C30H31ClN4O6S2. The normalized spacial score (nSPS) is 18.1. The van der Waals surface area contributed by atoms with Crippen molar-refractivity contribution in [3.63, 3.8) is 0 Å². The second kappa shape index (κ2) is 12.6. The first-order valence-electron chi connectivity index (χ1n) is 13.6. The molecule has 0 fully saturated rings. The number of aliphatic hydroxyl groups excluding tert-OH is 1. The zero-order valence-electron chi connectivity index (χ0n) is 23.7. The van der Waals surface area contributed by atoms with Crippen LogP contribution in [-0.2, 0) is 10.0 Å². The molecule has 1 aliphatic rings. The van der Waals surface area contributed by atoms with Gasteiger partial charge in [0.2, 0.25) is 10.0 Å². The van der Waals surface area contributed by atoms with Crippen molar-refractivity contribution < 1.29 is 27.9 Å². The molecule has 10 nitrogen and oxygen atoms in total. The predicted octanol–water partition coefficient (Wildman–Crippen LogP) is 4.74. The minimum atomic E-state index is -3.90. The summed E-state index contributed by atoms with van der Waals surface area (Å²) in [5.74, 6) is -1.09. The van der Waals surface area contributed by atoms with E-state index in [0.717, 1.165) is 4.70 Å². The fourth-order valence-corrected chi connectivity index (χ4v) is 7.01. The second-order valence-electron chi connectivity index (χ2n) is 10.5. The van der Waals surface area contributed by atoms with E-state index in [4.69, 9.17) is 16.3 Å². The predicted molar refractivity (Wildman–Crippen MR) is 166 cm³/mol. The number of hydrogen-bond acceptors (Lipinski definition) is 8. The van der Waals surface area contributed by atoms with Gasteiger partial charge in [0, 0.05) is 24.5 Å². The average Bonchev–Trinajstić information content (AvgIpc) is 3.44. The lowest BCUT2D eigenvalue weighted by atomic mass is 9.99. The average molecular weight is 643 g/mol. The number of aliphatic hydroxyl groups is 1. The molecule has 5 rings (SSSR count). The van der Waals surface area contributed by atoms with Crippen LogP contribution < -0.4 is 10.1 Å². The molecule has 43 heavy (non-hydrogen) atoms. The van der Waals surface area contributed by atoms with Crippen LogP contribution in [0.15, 0.2) is 71.6 Å². The van der Waals surface area contributed by atoms with Crippen molar-refractivity contribution in [2.45, 2.75) is 30.9 Å². The smallest absolute Gasteiger partial charge is 0.284 e. The molecule has 1 aromatic heterocycles. The van der Waals surface area contributed by atoms with Gasteiger partial charge in [-0.1, -0.05) is 36.7 Å². The molecular weight excluding hydrogens is 612 g/mol. The molecule has 2 heterocycles. The Morgan fingerprint density at radius 1 is 1.19 bits per heavy atom. The van der Waals surface area contributed by atoms with E-state index in [1.54, 1.807) is 30.0 Å². The molecule has 4 aromatic rings. The lowest BCUT2D eigenvalue weighted by Crippen LogP contribution is -2.50. The van der Waals surface area contributed by atoms with Gasteiger partial charge in [-0.15, -0.1) is 11.3 Å². The lowest BCUT2D eigenvalue weighted by Gasteiger charge is -2.38. The van der Waals surface area contributed by atoms with Crippen molar-refractivity contribution in [3.05, 3.63) is 82.3 Å². The standard InChI is InChI=1S/C30H31ClN4O6S2/c1-18-15-35(19(2)17-36)30(38)22-7-6-9-24(32-28(37)29-33-23-8-4-5-10-26(23)42-29)27(22)41-25(18)16-34(3)43(39,40)21-13-11-20(31)12-14-21/h4-14,18-19,25,36H,15-17H2,1-3H3,(H,32,37)/t18-,19+,25+/m1/s1. The van der Waals surface area contributed by atoms with Gasteiger partial charge >= 0.3 is 0 Å². The number of para-hydroxylation sites is 2. The van der Waals surface area contributed by atoms with Gasteiger partial charge < -0.3 is 20.1 Å². The zero-order valence-corrected chi connectivity index (χ0v) is 26.1. The molecule has 0 radical (unpaired) electrons. The molecule has 0 saturated heterocycles. The van der Waals surface area contributed by atoms with E-state index in [2.05, 4.69) is 10.3 Å². The molecule has 0 spiro atoms.